The van der Waals surface area contributed by atoms with Gasteiger partial charge in [0.05, 0.1) is 34.5 Å². The Hall–Kier alpha value is -3.67. The lowest BCUT2D eigenvalue weighted by Gasteiger charge is -2.38. The Morgan fingerprint density at radius 2 is 1.47 bits per heavy atom. The third-order valence-corrected chi connectivity index (χ3v) is 6.39. The van der Waals surface area contributed by atoms with Crippen LogP contribution in [0.15, 0.2) is 60.7 Å². The normalized spacial score (nSPS) is 14.8. The molecule has 1 atom stereocenters. The predicted molar refractivity (Wildman–Crippen MR) is 131 cm³/mol. The van der Waals surface area contributed by atoms with Crippen LogP contribution in [0.1, 0.15) is 34.7 Å². The average Bonchev–Trinajstić information content (AvgIpc) is 2.90. The van der Waals surface area contributed by atoms with Crippen molar-refractivity contribution in [3.05, 3.63) is 82.9 Å². The SMILES string of the molecule is COc1ccc(C2c3cc(OC)c(OC)cc3CCN2C(=O)CCc2ccccc2)cc1OC. The van der Waals surface area contributed by atoms with Crippen LogP contribution in [-0.4, -0.2) is 45.8 Å². The zero-order valence-electron chi connectivity index (χ0n) is 20.2. The van der Waals surface area contributed by atoms with Crippen LogP contribution in [-0.2, 0) is 17.6 Å². The minimum Gasteiger partial charge on any atom is -0.493 e. The zero-order chi connectivity index (χ0) is 24.1. The molecule has 1 amide bonds. The Kier molecular flexibility index (Phi) is 7.26. The largest absolute Gasteiger partial charge is 0.493 e. The maximum absolute atomic E-state index is 13.5. The van der Waals surface area contributed by atoms with Crippen molar-refractivity contribution in [2.24, 2.45) is 0 Å². The lowest BCUT2D eigenvalue weighted by molar-refractivity contribution is -0.133. The van der Waals surface area contributed by atoms with Gasteiger partial charge < -0.3 is 23.8 Å². The van der Waals surface area contributed by atoms with E-state index in [0.29, 0.717) is 42.4 Å². The van der Waals surface area contributed by atoms with Crippen molar-refractivity contribution in [3.8, 4) is 23.0 Å². The van der Waals surface area contributed by atoms with E-state index in [2.05, 4.69) is 12.1 Å². The van der Waals surface area contributed by atoms with Gasteiger partial charge >= 0.3 is 0 Å². The second-order valence-corrected chi connectivity index (χ2v) is 8.25. The predicted octanol–water partition coefficient (Wildman–Crippen LogP) is 4.83. The number of nitrogens with zero attached hydrogens (tertiary/aromatic N) is 1. The smallest absolute Gasteiger partial charge is 0.223 e. The number of hydrogen-bond acceptors (Lipinski definition) is 5. The number of amides is 1. The molecule has 0 aliphatic carbocycles. The number of benzene rings is 3. The van der Waals surface area contributed by atoms with Crippen LogP contribution in [0, 0.1) is 0 Å². The summed E-state index contributed by atoms with van der Waals surface area (Å²) in [7, 11) is 6.50. The molecule has 3 aromatic rings. The number of rotatable bonds is 8. The molecule has 6 nitrogen and oxygen atoms in total. The molecular weight excluding hydrogens is 430 g/mol. The molecule has 1 aliphatic heterocycles. The standard InChI is InChI=1S/C28H31NO5/c1-31-23-12-11-21(17-24(23)32-2)28-22-18-26(34-4)25(33-3)16-20(22)14-15-29(28)27(30)13-10-19-8-6-5-7-9-19/h5-9,11-12,16-18,28H,10,13-15H2,1-4H3. The fraction of sp³-hybridized carbons (Fsp3) is 0.321. The molecule has 1 aliphatic rings. The molecule has 0 aromatic heterocycles. The number of fused-ring (bicyclic) bond motifs is 1. The maximum atomic E-state index is 13.5. The molecule has 0 fully saturated rings. The van der Waals surface area contributed by atoms with E-state index in [9.17, 15) is 4.79 Å². The Bertz CT molecular complexity index is 1150. The fourth-order valence-corrected chi connectivity index (χ4v) is 4.64. The van der Waals surface area contributed by atoms with Gasteiger partial charge in [0, 0.05) is 13.0 Å². The van der Waals surface area contributed by atoms with Crippen molar-refractivity contribution in [2.45, 2.75) is 25.3 Å². The summed E-state index contributed by atoms with van der Waals surface area (Å²) in [5, 5.41) is 0. The second-order valence-electron chi connectivity index (χ2n) is 8.25. The van der Waals surface area contributed by atoms with Gasteiger partial charge in [-0.05, 0) is 59.4 Å². The molecule has 0 saturated heterocycles. The Balaban J connectivity index is 1.75. The summed E-state index contributed by atoms with van der Waals surface area (Å²) >= 11 is 0. The van der Waals surface area contributed by atoms with Gasteiger partial charge in [-0.1, -0.05) is 36.4 Å². The summed E-state index contributed by atoms with van der Waals surface area (Å²) < 4.78 is 22.1. The highest BCUT2D eigenvalue weighted by molar-refractivity contribution is 5.78. The highest BCUT2D eigenvalue weighted by atomic mass is 16.5. The van der Waals surface area contributed by atoms with E-state index in [1.165, 1.54) is 0 Å². The van der Waals surface area contributed by atoms with Crippen LogP contribution in [0.2, 0.25) is 0 Å². The lowest BCUT2D eigenvalue weighted by atomic mass is 9.87. The average molecular weight is 462 g/mol. The molecule has 0 N–H and O–H groups in total. The molecule has 0 bridgehead atoms. The molecular formula is C28H31NO5. The number of aryl methyl sites for hydroxylation is 1. The number of hydrogen-bond donors (Lipinski definition) is 0. The number of carbonyl (C=O) groups is 1. The molecule has 3 aromatic carbocycles. The van der Waals surface area contributed by atoms with Gasteiger partial charge in [-0.2, -0.15) is 0 Å². The fourth-order valence-electron chi connectivity index (χ4n) is 4.64. The van der Waals surface area contributed by atoms with Gasteiger partial charge in [0.1, 0.15) is 0 Å². The summed E-state index contributed by atoms with van der Waals surface area (Å²) in [4.78, 5) is 15.5. The van der Waals surface area contributed by atoms with Gasteiger partial charge in [-0.25, -0.2) is 0 Å². The minimum atomic E-state index is -0.272. The molecule has 1 unspecified atom stereocenters. The van der Waals surface area contributed by atoms with E-state index in [1.54, 1.807) is 28.4 Å². The topological polar surface area (TPSA) is 57.2 Å². The minimum absolute atomic E-state index is 0.115. The molecule has 6 heteroatoms. The van der Waals surface area contributed by atoms with Crippen molar-refractivity contribution in [1.82, 2.24) is 4.90 Å². The molecule has 34 heavy (non-hydrogen) atoms. The Morgan fingerprint density at radius 1 is 0.824 bits per heavy atom. The Morgan fingerprint density at radius 3 is 2.15 bits per heavy atom. The van der Waals surface area contributed by atoms with Crippen molar-refractivity contribution in [2.75, 3.05) is 35.0 Å². The van der Waals surface area contributed by atoms with Crippen molar-refractivity contribution in [1.29, 1.82) is 0 Å². The van der Waals surface area contributed by atoms with Gasteiger partial charge in [-0.3, -0.25) is 4.79 Å². The monoisotopic (exact) mass is 461 g/mol. The molecule has 4 rings (SSSR count). The van der Waals surface area contributed by atoms with E-state index >= 15 is 0 Å². The second kappa shape index (κ2) is 10.5. The maximum Gasteiger partial charge on any atom is 0.223 e. The molecule has 0 spiro atoms. The van der Waals surface area contributed by atoms with Gasteiger partial charge in [-0.15, -0.1) is 0 Å². The lowest BCUT2D eigenvalue weighted by Crippen LogP contribution is -2.40. The van der Waals surface area contributed by atoms with Crippen LogP contribution >= 0.6 is 0 Å². The van der Waals surface area contributed by atoms with Crippen LogP contribution in [0.5, 0.6) is 23.0 Å². The molecule has 1 heterocycles. The first kappa shape index (κ1) is 23.5. The molecule has 0 radical (unpaired) electrons. The van der Waals surface area contributed by atoms with E-state index in [4.69, 9.17) is 18.9 Å². The zero-order valence-corrected chi connectivity index (χ0v) is 20.2. The summed E-state index contributed by atoms with van der Waals surface area (Å²) in [6.45, 7) is 0.620. The van der Waals surface area contributed by atoms with Gasteiger partial charge in [0.15, 0.2) is 23.0 Å². The van der Waals surface area contributed by atoms with Crippen molar-refractivity contribution in [3.63, 3.8) is 0 Å². The molecule has 178 valence electrons. The highest BCUT2D eigenvalue weighted by Crippen LogP contribution is 2.43. The van der Waals surface area contributed by atoms with Crippen LogP contribution in [0.3, 0.4) is 0 Å². The van der Waals surface area contributed by atoms with Gasteiger partial charge in [0.25, 0.3) is 0 Å². The summed E-state index contributed by atoms with van der Waals surface area (Å²) in [5.41, 5.74) is 4.29. The first-order valence-electron chi connectivity index (χ1n) is 11.4. The van der Waals surface area contributed by atoms with Crippen molar-refractivity contribution >= 4 is 5.91 Å². The Labute approximate surface area is 201 Å². The summed E-state index contributed by atoms with van der Waals surface area (Å²) in [6, 6.07) is 19.7. The van der Waals surface area contributed by atoms with Crippen molar-refractivity contribution < 1.29 is 23.7 Å². The third kappa shape index (κ3) is 4.67. The summed E-state index contributed by atoms with van der Waals surface area (Å²) in [6.07, 6.45) is 1.89. The van der Waals surface area contributed by atoms with Gasteiger partial charge in [0.2, 0.25) is 5.91 Å². The number of methoxy groups -OCH3 is 4. The van der Waals surface area contributed by atoms with Crippen LogP contribution < -0.4 is 18.9 Å². The third-order valence-electron chi connectivity index (χ3n) is 6.39. The van der Waals surface area contributed by atoms with Crippen LogP contribution in [0.4, 0.5) is 0 Å². The van der Waals surface area contributed by atoms with E-state index in [-0.39, 0.29) is 11.9 Å². The molecule has 0 saturated carbocycles. The van der Waals surface area contributed by atoms with Crippen LogP contribution in [0.25, 0.3) is 0 Å². The first-order chi connectivity index (χ1) is 16.6. The first-order valence-corrected chi connectivity index (χ1v) is 11.4. The number of ether oxygens (including phenoxy) is 4. The van der Waals surface area contributed by atoms with E-state index in [0.717, 1.165) is 28.7 Å². The van der Waals surface area contributed by atoms with E-state index in [1.807, 2.05) is 53.4 Å². The highest BCUT2D eigenvalue weighted by Gasteiger charge is 2.33. The summed E-state index contributed by atoms with van der Waals surface area (Å²) in [5.74, 6) is 2.73. The number of carbonyl (C=O) groups excluding carboxylic acids is 1. The quantitative estimate of drug-likeness (QED) is 0.481. The van der Waals surface area contributed by atoms with E-state index < -0.39 is 0 Å².